The lowest BCUT2D eigenvalue weighted by atomic mass is 10.1. The molecule has 94 valence electrons. The summed E-state index contributed by atoms with van der Waals surface area (Å²) < 4.78 is 0. The number of nitrogens with one attached hydrogen (secondary N) is 2. The Hall–Kier alpha value is -1.20. The number of rotatable bonds is 5. The molecule has 0 aromatic heterocycles. The van der Waals surface area contributed by atoms with Gasteiger partial charge in [-0.3, -0.25) is 0 Å². The van der Waals surface area contributed by atoms with Crippen LogP contribution < -0.4 is 10.6 Å². The number of para-hydroxylation sites is 1. The fourth-order valence-electron chi connectivity index (χ4n) is 1.33. The first-order valence-corrected chi connectivity index (χ1v) is 6.74. The third kappa shape index (κ3) is 5.60. The van der Waals surface area contributed by atoms with Crippen LogP contribution in [0.4, 0.5) is 10.5 Å². The van der Waals surface area contributed by atoms with Crippen LogP contribution >= 0.6 is 11.8 Å². The van der Waals surface area contributed by atoms with Crippen LogP contribution in [-0.4, -0.2) is 35.3 Å². The van der Waals surface area contributed by atoms with Crippen molar-refractivity contribution in [1.29, 1.82) is 0 Å². The van der Waals surface area contributed by atoms with Crippen LogP contribution in [0.5, 0.6) is 0 Å². The second-order valence-corrected chi connectivity index (χ2v) is 4.97. The molecule has 1 aromatic rings. The maximum absolute atomic E-state index is 11.5. The number of urea groups is 1. The molecule has 1 rings (SSSR count). The molecule has 0 heterocycles. The summed E-state index contributed by atoms with van der Waals surface area (Å²) in [5.41, 5.74) is -0.150. The molecule has 2 amide bonds. The van der Waals surface area contributed by atoms with Crippen molar-refractivity contribution >= 4 is 23.5 Å². The molecular formula is C12H18N2O2S. The molecule has 0 aliphatic heterocycles. The Morgan fingerprint density at radius 1 is 1.41 bits per heavy atom. The number of carbonyl (C=O) groups excluding carboxylic acids is 1. The van der Waals surface area contributed by atoms with Gasteiger partial charge < -0.3 is 15.7 Å². The highest BCUT2D eigenvalue weighted by molar-refractivity contribution is 7.98. The Morgan fingerprint density at radius 3 is 2.65 bits per heavy atom. The smallest absolute Gasteiger partial charge is 0.319 e. The zero-order valence-corrected chi connectivity index (χ0v) is 10.9. The van der Waals surface area contributed by atoms with Crippen molar-refractivity contribution in [2.75, 3.05) is 23.9 Å². The van der Waals surface area contributed by atoms with Gasteiger partial charge in [0.15, 0.2) is 0 Å². The first-order chi connectivity index (χ1) is 8.03. The molecule has 0 fully saturated rings. The summed E-state index contributed by atoms with van der Waals surface area (Å²) in [6, 6.07) is 8.88. The molecule has 1 unspecified atom stereocenters. The quantitative estimate of drug-likeness (QED) is 0.752. The van der Waals surface area contributed by atoms with Gasteiger partial charge in [-0.2, -0.15) is 11.8 Å². The summed E-state index contributed by atoms with van der Waals surface area (Å²) in [6.45, 7) is 1.93. The Morgan fingerprint density at radius 2 is 2.06 bits per heavy atom. The van der Waals surface area contributed by atoms with Crippen LogP contribution in [0.15, 0.2) is 30.3 Å². The summed E-state index contributed by atoms with van der Waals surface area (Å²) in [4.78, 5) is 11.5. The summed E-state index contributed by atoms with van der Waals surface area (Å²) in [5.74, 6) is 0.582. The molecule has 0 aliphatic rings. The van der Waals surface area contributed by atoms with Crippen molar-refractivity contribution in [3.8, 4) is 0 Å². The monoisotopic (exact) mass is 254 g/mol. The average molecular weight is 254 g/mol. The van der Waals surface area contributed by atoms with Gasteiger partial charge in [0, 0.05) is 18.0 Å². The number of hydrogen-bond acceptors (Lipinski definition) is 3. The number of benzene rings is 1. The van der Waals surface area contributed by atoms with E-state index in [1.165, 1.54) is 0 Å². The van der Waals surface area contributed by atoms with Gasteiger partial charge in [-0.15, -0.1) is 0 Å². The Labute approximate surface area is 106 Å². The van der Waals surface area contributed by atoms with E-state index in [9.17, 15) is 9.90 Å². The normalized spacial score (nSPS) is 13.8. The topological polar surface area (TPSA) is 61.4 Å². The summed E-state index contributed by atoms with van der Waals surface area (Å²) in [5, 5.41) is 15.2. The van der Waals surface area contributed by atoms with E-state index in [1.54, 1.807) is 30.8 Å². The Bertz CT molecular complexity index is 355. The van der Waals surface area contributed by atoms with E-state index in [0.717, 1.165) is 5.69 Å². The largest absolute Gasteiger partial charge is 0.387 e. The van der Waals surface area contributed by atoms with Gasteiger partial charge in [-0.1, -0.05) is 18.2 Å². The highest BCUT2D eigenvalue weighted by Crippen LogP contribution is 2.09. The zero-order valence-electron chi connectivity index (χ0n) is 10.1. The van der Waals surface area contributed by atoms with Crippen LogP contribution in [0.25, 0.3) is 0 Å². The summed E-state index contributed by atoms with van der Waals surface area (Å²) in [6.07, 6.45) is 1.92. The predicted octanol–water partition coefficient (Wildman–Crippen LogP) is 1.92. The minimum atomic E-state index is -0.882. The number of carbonyl (C=O) groups is 1. The van der Waals surface area contributed by atoms with Crippen molar-refractivity contribution in [1.82, 2.24) is 5.32 Å². The molecule has 0 radical (unpaired) electrons. The SMILES string of the molecule is CSCC(C)(O)CNC(=O)Nc1ccccc1. The average Bonchev–Trinajstić information content (AvgIpc) is 2.28. The minimum absolute atomic E-state index is 0.229. The molecule has 1 atom stereocenters. The van der Waals surface area contributed by atoms with E-state index in [1.807, 2.05) is 24.5 Å². The number of amides is 2. The van der Waals surface area contributed by atoms with Crippen molar-refractivity contribution in [3.63, 3.8) is 0 Å². The van der Waals surface area contributed by atoms with Crippen LogP contribution in [0, 0.1) is 0 Å². The second-order valence-electron chi connectivity index (χ2n) is 4.10. The van der Waals surface area contributed by atoms with Gasteiger partial charge in [0.05, 0.1) is 5.60 Å². The first kappa shape index (κ1) is 13.9. The van der Waals surface area contributed by atoms with E-state index < -0.39 is 5.60 Å². The van der Waals surface area contributed by atoms with Crippen LogP contribution in [0.2, 0.25) is 0 Å². The molecule has 1 aromatic carbocycles. The molecule has 4 nitrogen and oxygen atoms in total. The standard InChI is InChI=1S/C12H18N2O2S/c1-12(16,9-17-2)8-13-11(15)14-10-6-4-3-5-7-10/h3-7,16H,8-9H2,1-2H3,(H2,13,14,15). The molecule has 0 saturated heterocycles. The lowest BCUT2D eigenvalue weighted by Crippen LogP contribution is -2.43. The molecule has 5 heteroatoms. The predicted molar refractivity (Wildman–Crippen MR) is 72.5 cm³/mol. The van der Waals surface area contributed by atoms with Crippen LogP contribution in [-0.2, 0) is 0 Å². The van der Waals surface area contributed by atoms with Gasteiger partial charge in [0.1, 0.15) is 0 Å². The summed E-state index contributed by atoms with van der Waals surface area (Å²) in [7, 11) is 0. The number of aliphatic hydroxyl groups is 1. The van der Waals surface area contributed by atoms with E-state index in [2.05, 4.69) is 10.6 Å². The van der Waals surface area contributed by atoms with Crippen molar-refractivity contribution in [2.24, 2.45) is 0 Å². The van der Waals surface area contributed by atoms with Gasteiger partial charge in [0.25, 0.3) is 0 Å². The lowest BCUT2D eigenvalue weighted by molar-refractivity contribution is 0.0876. The highest BCUT2D eigenvalue weighted by Gasteiger charge is 2.20. The molecule has 3 N–H and O–H groups in total. The zero-order chi connectivity index (χ0) is 12.7. The van der Waals surface area contributed by atoms with Gasteiger partial charge in [-0.05, 0) is 25.3 Å². The molecule has 0 spiro atoms. The molecule has 17 heavy (non-hydrogen) atoms. The third-order valence-electron chi connectivity index (χ3n) is 2.12. The van der Waals surface area contributed by atoms with Crippen molar-refractivity contribution in [3.05, 3.63) is 30.3 Å². The highest BCUT2D eigenvalue weighted by atomic mass is 32.2. The molecular weight excluding hydrogens is 236 g/mol. The number of hydrogen-bond donors (Lipinski definition) is 3. The molecule has 0 aliphatic carbocycles. The Balaban J connectivity index is 2.36. The second kappa shape index (κ2) is 6.51. The molecule has 0 bridgehead atoms. The summed E-state index contributed by atoms with van der Waals surface area (Å²) >= 11 is 1.54. The number of anilines is 1. The fraction of sp³-hybridized carbons (Fsp3) is 0.417. The van der Waals surface area contributed by atoms with E-state index in [-0.39, 0.29) is 12.6 Å². The van der Waals surface area contributed by atoms with Gasteiger partial charge >= 0.3 is 6.03 Å². The lowest BCUT2D eigenvalue weighted by Gasteiger charge is -2.22. The van der Waals surface area contributed by atoms with Crippen LogP contribution in [0.3, 0.4) is 0 Å². The molecule has 0 saturated carbocycles. The Kier molecular flexibility index (Phi) is 5.31. The van der Waals surface area contributed by atoms with E-state index in [4.69, 9.17) is 0 Å². The van der Waals surface area contributed by atoms with E-state index in [0.29, 0.717) is 5.75 Å². The third-order valence-corrected chi connectivity index (χ3v) is 3.03. The minimum Gasteiger partial charge on any atom is -0.387 e. The van der Waals surface area contributed by atoms with E-state index >= 15 is 0 Å². The van der Waals surface area contributed by atoms with Crippen molar-refractivity contribution in [2.45, 2.75) is 12.5 Å². The first-order valence-electron chi connectivity index (χ1n) is 5.35. The maximum atomic E-state index is 11.5. The number of thioether (sulfide) groups is 1. The fourth-order valence-corrected chi connectivity index (χ4v) is 2.05. The van der Waals surface area contributed by atoms with Gasteiger partial charge in [0.2, 0.25) is 0 Å². The maximum Gasteiger partial charge on any atom is 0.319 e. The van der Waals surface area contributed by atoms with Crippen molar-refractivity contribution < 1.29 is 9.90 Å². The van der Waals surface area contributed by atoms with Crippen LogP contribution in [0.1, 0.15) is 6.92 Å². The van der Waals surface area contributed by atoms with Gasteiger partial charge in [-0.25, -0.2) is 4.79 Å².